The molecule has 0 aliphatic heterocycles. The summed E-state index contributed by atoms with van der Waals surface area (Å²) in [6.45, 7) is 0. The number of carbonyl (C=O) groups excluding carboxylic acids is 1. The normalized spacial score (nSPS) is 14.4. The molecule has 4 nitrogen and oxygen atoms in total. The maximum atomic E-state index is 11.4. The summed E-state index contributed by atoms with van der Waals surface area (Å²) in [5.74, 6) is -0.0194. The molecular weight excluding hydrogens is 240 g/mol. The zero-order valence-corrected chi connectivity index (χ0v) is 10.0. The number of amides is 1. The number of phenols is 1. The lowest BCUT2D eigenvalue weighted by molar-refractivity contribution is -0.116. The maximum absolute atomic E-state index is 11.4. The van der Waals surface area contributed by atoms with Crippen molar-refractivity contribution < 1.29 is 9.90 Å². The minimum Gasteiger partial charge on any atom is -0.507 e. The Hall–Kier alpha value is -1.68. The Labute approximate surface area is 106 Å². The van der Waals surface area contributed by atoms with Gasteiger partial charge >= 0.3 is 0 Å². The number of nitrogen functional groups attached to an aromatic ring is 1. The van der Waals surface area contributed by atoms with E-state index in [2.05, 4.69) is 5.32 Å². The lowest BCUT2D eigenvalue weighted by atomic mass is 10.1. The molecule has 0 aromatic heterocycles. The van der Waals surface area contributed by atoms with Crippen LogP contribution in [0.4, 0.5) is 5.69 Å². The number of anilines is 1. The lowest BCUT2D eigenvalue weighted by Gasteiger charge is -2.01. The van der Waals surface area contributed by atoms with Crippen LogP contribution in [0.5, 0.6) is 5.75 Å². The summed E-state index contributed by atoms with van der Waals surface area (Å²) in [4.78, 5) is 11.4. The first kappa shape index (κ1) is 13.4. The van der Waals surface area contributed by atoms with Gasteiger partial charge in [0.25, 0.3) is 0 Å². The van der Waals surface area contributed by atoms with Crippen molar-refractivity contribution in [2.24, 2.45) is 0 Å². The first-order valence-electron chi connectivity index (χ1n) is 5.22. The predicted molar refractivity (Wildman–Crippen MR) is 70.0 cm³/mol. The number of hydrogen-bond donors (Lipinski definition) is 3. The largest absolute Gasteiger partial charge is 0.507 e. The molecule has 92 valence electrons. The fraction of sp³-hybridized carbons (Fsp3) is 0.250. The number of carbonyl (C=O) groups is 1. The van der Waals surface area contributed by atoms with Gasteiger partial charge in [-0.2, -0.15) is 0 Å². The van der Waals surface area contributed by atoms with E-state index in [1.165, 1.54) is 12.1 Å². The van der Waals surface area contributed by atoms with Crippen molar-refractivity contribution in [3.63, 3.8) is 0 Å². The van der Waals surface area contributed by atoms with Crippen molar-refractivity contribution in [1.82, 2.24) is 5.32 Å². The van der Waals surface area contributed by atoms with Crippen molar-refractivity contribution >= 4 is 30.1 Å². The van der Waals surface area contributed by atoms with Crippen LogP contribution in [-0.4, -0.2) is 17.1 Å². The van der Waals surface area contributed by atoms with Gasteiger partial charge in [0, 0.05) is 23.4 Å². The molecule has 0 bridgehead atoms. The van der Waals surface area contributed by atoms with E-state index >= 15 is 0 Å². The topological polar surface area (TPSA) is 75.3 Å². The van der Waals surface area contributed by atoms with E-state index in [-0.39, 0.29) is 24.1 Å². The van der Waals surface area contributed by atoms with E-state index in [1.807, 2.05) is 0 Å². The van der Waals surface area contributed by atoms with Crippen LogP contribution >= 0.6 is 12.4 Å². The van der Waals surface area contributed by atoms with Crippen molar-refractivity contribution in [3.8, 4) is 5.75 Å². The highest BCUT2D eigenvalue weighted by Crippen LogP contribution is 2.21. The summed E-state index contributed by atoms with van der Waals surface area (Å²) in [6, 6.07) is 5.08. The predicted octanol–water partition coefficient (Wildman–Crippen LogP) is 1.69. The van der Waals surface area contributed by atoms with Gasteiger partial charge in [0.15, 0.2) is 0 Å². The summed E-state index contributed by atoms with van der Waals surface area (Å²) in [5.41, 5.74) is 6.68. The van der Waals surface area contributed by atoms with E-state index in [9.17, 15) is 9.90 Å². The number of rotatable bonds is 3. The van der Waals surface area contributed by atoms with Crippen LogP contribution in [0.15, 0.2) is 24.3 Å². The molecule has 2 rings (SSSR count). The molecule has 1 aliphatic rings. The van der Waals surface area contributed by atoms with Gasteiger partial charge in [-0.3, -0.25) is 4.79 Å². The number of halogens is 1. The Morgan fingerprint density at radius 1 is 1.47 bits per heavy atom. The first-order valence-corrected chi connectivity index (χ1v) is 5.22. The molecule has 0 spiro atoms. The molecule has 1 fully saturated rings. The van der Waals surface area contributed by atoms with Gasteiger partial charge in [-0.1, -0.05) is 0 Å². The molecule has 1 amide bonds. The highest BCUT2D eigenvalue weighted by atomic mass is 35.5. The second-order valence-corrected chi connectivity index (χ2v) is 3.93. The number of hydrogen-bond acceptors (Lipinski definition) is 3. The third-order valence-corrected chi connectivity index (χ3v) is 2.39. The number of nitrogens with two attached hydrogens (primary N) is 1. The minimum atomic E-state index is -0.135. The first-order chi connectivity index (χ1) is 7.65. The Kier molecular flexibility index (Phi) is 4.40. The van der Waals surface area contributed by atoms with Crippen molar-refractivity contribution in [3.05, 3.63) is 29.8 Å². The molecule has 0 atom stereocenters. The molecule has 1 aromatic rings. The maximum Gasteiger partial charge on any atom is 0.244 e. The van der Waals surface area contributed by atoms with Gasteiger partial charge in [-0.25, -0.2) is 0 Å². The van der Waals surface area contributed by atoms with E-state index in [0.717, 1.165) is 12.8 Å². The van der Waals surface area contributed by atoms with Crippen LogP contribution in [0.3, 0.4) is 0 Å². The van der Waals surface area contributed by atoms with Gasteiger partial charge in [0.05, 0.1) is 0 Å². The zero-order chi connectivity index (χ0) is 11.5. The van der Waals surface area contributed by atoms with Crippen LogP contribution in [-0.2, 0) is 4.79 Å². The summed E-state index contributed by atoms with van der Waals surface area (Å²) in [7, 11) is 0. The molecular formula is C12H15ClN2O2. The van der Waals surface area contributed by atoms with Gasteiger partial charge in [0.1, 0.15) is 5.75 Å². The average molecular weight is 255 g/mol. The van der Waals surface area contributed by atoms with Crippen LogP contribution in [0.25, 0.3) is 6.08 Å². The van der Waals surface area contributed by atoms with Gasteiger partial charge < -0.3 is 16.2 Å². The summed E-state index contributed by atoms with van der Waals surface area (Å²) in [6.07, 6.45) is 5.09. The number of aromatic hydroxyl groups is 1. The smallest absolute Gasteiger partial charge is 0.244 e. The van der Waals surface area contributed by atoms with Crippen LogP contribution in [0.2, 0.25) is 0 Å². The van der Waals surface area contributed by atoms with E-state index in [4.69, 9.17) is 5.73 Å². The summed E-state index contributed by atoms with van der Waals surface area (Å²) in [5, 5.41) is 12.3. The van der Waals surface area contributed by atoms with Crippen molar-refractivity contribution in [1.29, 1.82) is 0 Å². The van der Waals surface area contributed by atoms with E-state index in [0.29, 0.717) is 17.3 Å². The molecule has 1 aliphatic carbocycles. The standard InChI is InChI=1S/C12H14N2O2.ClH/c13-9-2-5-11(15)8(7-9)1-6-12(16)14-10-3-4-10;/h1-2,5-7,10,15H,3-4,13H2,(H,14,16);1H/b6-1+;. The second-order valence-electron chi connectivity index (χ2n) is 3.93. The van der Waals surface area contributed by atoms with E-state index in [1.54, 1.807) is 18.2 Å². The Balaban J connectivity index is 0.00000144. The third kappa shape index (κ3) is 4.00. The minimum absolute atomic E-state index is 0. The molecule has 1 aromatic carbocycles. The highest BCUT2D eigenvalue weighted by molar-refractivity contribution is 5.92. The molecule has 0 heterocycles. The van der Waals surface area contributed by atoms with Crippen LogP contribution < -0.4 is 11.1 Å². The molecule has 0 radical (unpaired) electrons. The molecule has 1 saturated carbocycles. The second kappa shape index (κ2) is 5.59. The van der Waals surface area contributed by atoms with Gasteiger partial charge in [-0.05, 0) is 37.1 Å². The van der Waals surface area contributed by atoms with E-state index < -0.39 is 0 Å². The zero-order valence-electron chi connectivity index (χ0n) is 9.22. The molecule has 0 unspecified atom stereocenters. The van der Waals surface area contributed by atoms with Crippen LogP contribution in [0, 0.1) is 0 Å². The van der Waals surface area contributed by atoms with Gasteiger partial charge in [0.2, 0.25) is 5.91 Å². The number of nitrogens with one attached hydrogen (secondary N) is 1. The molecule has 5 heteroatoms. The van der Waals surface area contributed by atoms with Crippen molar-refractivity contribution in [2.75, 3.05) is 5.73 Å². The number of benzene rings is 1. The quantitative estimate of drug-likeness (QED) is 0.437. The average Bonchev–Trinajstić information content (AvgIpc) is 3.03. The Morgan fingerprint density at radius 3 is 2.82 bits per heavy atom. The highest BCUT2D eigenvalue weighted by Gasteiger charge is 2.21. The Morgan fingerprint density at radius 2 is 2.18 bits per heavy atom. The third-order valence-electron chi connectivity index (χ3n) is 2.39. The fourth-order valence-electron chi connectivity index (χ4n) is 1.35. The molecule has 0 saturated heterocycles. The number of phenolic OH excluding ortho intramolecular Hbond substituents is 1. The Bertz CT molecular complexity index is 442. The monoisotopic (exact) mass is 254 g/mol. The summed E-state index contributed by atoms with van der Waals surface area (Å²) >= 11 is 0. The SMILES string of the molecule is Cl.Nc1ccc(O)c(/C=C/C(=O)NC2CC2)c1. The van der Waals surface area contributed by atoms with Crippen LogP contribution in [0.1, 0.15) is 18.4 Å². The lowest BCUT2D eigenvalue weighted by Crippen LogP contribution is -2.22. The van der Waals surface area contributed by atoms with Gasteiger partial charge in [-0.15, -0.1) is 12.4 Å². The molecule has 4 N–H and O–H groups in total. The fourth-order valence-corrected chi connectivity index (χ4v) is 1.35. The van der Waals surface area contributed by atoms with Crippen molar-refractivity contribution in [2.45, 2.75) is 18.9 Å². The molecule has 17 heavy (non-hydrogen) atoms. The summed E-state index contributed by atoms with van der Waals surface area (Å²) < 4.78 is 0.